The molecule has 1 N–H and O–H groups in total. The Hall–Kier alpha value is -2.89. The van der Waals surface area contributed by atoms with Crippen molar-refractivity contribution in [1.82, 2.24) is 9.88 Å². The first-order valence-electron chi connectivity index (χ1n) is 8.78. The summed E-state index contributed by atoms with van der Waals surface area (Å²) >= 11 is 0. The van der Waals surface area contributed by atoms with Crippen molar-refractivity contribution in [1.29, 1.82) is 0 Å². The topological polar surface area (TPSA) is 65.5 Å². The normalized spacial score (nSPS) is 14.3. The summed E-state index contributed by atoms with van der Waals surface area (Å²) in [5.41, 5.74) is 4.34. The standard InChI is InChI=1S/C20H24N4O2/c1-14-10-15(2)12-17(11-14)22-20(26)19-5-4-18(13-21-19)24-8-6-23(7-9-24)16(3)25/h4-5,10-13H,6-9H2,1-3H3,(H,22,26). The van der Waals surface area contributed by atoms with Crippen LogP contribution >= 0.6 is 0 Å². The molecular formula is C20H24N4O2. The molecule has 0 saturated carbocycles. The van der Waals surface area contributed by atoms with Gasteiger partial charge in [-0.3, -0.25) is 9.59 Å². The monoisotopic (exact) mass is 352 g/mol. The number of hydrogen-bond donors (Lipinski definition) is 1. The van der Waals surface area contributed by atoms with Crippen molar-refractivity contribution in [3.63, 3.8) is 0 Å². The first-order valence-corrected chi connectivity index (χ1v) is 8.78. The second-order valence-corrected chi connectivity index (χ2v) is 6.73. The van der Waals surface area contributed by atoms with Crippen LogP contribution < -0.4 is 10.2 Å². The number of amides is 2. The number of benzene rings is 1. The summed E-state index contributed by atoms with van der Waals surface area (Å²) in [7, 11) is 0. The number of hydrogen-bond acceptors (Lipinski definition) is 4. The number of nitrogens with zero attached hydrogens (tertiary/aromatic N) is 3. The second kappa shape index (κ2) is 7.56. The fraction of sp³-hybridized carbons (Fsp3) is 0.350. The minimum Gasteiger partial charge on any atom is -0.367 e. The van der Waals surface area contributed by atoms with Crippen LogP contribution in [0.3, 0.4) is 0 Å². The van der Waals surface area contributed by atoms with E-state index in [1.165, 1.54) is 0 Å². The lowest BCUT2D eigenvalue weighted by Gasteiger charge is -2.35. The van der Waals surface area contributed by atoms with E-state index in [4.69, 9.17) is 0 Å². The highest BCUT2D eigenvalue weighted by molar-refractivity contribution is 6.03. The van der Waals surface area contributed by atoms with Gasteiger partial charge in [0.05, 0.1) is 11.9 Å². The van der Waals surface area contributed by atoms with Crippen LogP contribution in [-0.2, 0) is 4.79 Å². The zero-order chi connectivity index (χ0) is 18.7. The Labute approximate surface area is 153 Å². The molecule has 0 aliphatic carbocycles. The van der Waals surface area contributed by atoms with Gasteiger partial charge in [-0.25, -0.2) is 4.98 Å². The highest BCUT2D eigenvalue weighted by Gasteiger charge is 2.19. The Bertz CT molecular complexity index is 789. The zero-order valence-electron chi connectivity index (χ0n) is 15.5. The molecule has 1 aliphatic rings. The van der Waals surface area contributed by atoms with Crippen molar-refractivity contribution < 1.29 is 9.59 Å². The molecule has 2 aromatic rings. The molecule has 0 atom stereocenters. The van der Waals surface area contributed by atoms with Crippen LogP contribution in [-0.4, -0.2) is 47.9 Å². The predicted octanol–water partition coefficient (Wildman–Crippen LogP) is 2.62. The highest BCUT2D eigenvalue weighted by atomic mass is 16.2. The third kappa shape index (κ3) is 4.20. The van der Waals surface area contributed by atoms with E-state index in [2.05, 4.69) is 21.3 Å². The summed E-state index contributed by atoms with van der Waals surface area (Å²) in [6.45, 7) is 8.57. The number of rotatable bonds is 3. The Morgan fingerprint density at radius 2 is 1.65 bits per heavy atom. The molecule has 6 heteroatoms. The van der Waals surface area contributed by atoms with E-state index >= 15 is 0 Å². The molecule has 1 aliphatic heterocycles. The molecule has 26 heavy (non-hydrogen) atoms. The van der Waals surface area contributed by atoms with E-state index in [1.54, 1.807) is 19.2 Å². The molecule has 2 heterocycles. The van der Waals surface area contributed by atoms with Crippen LogP contribution in [0.5, 0.6) is 0 Å². The largest absolute Gasteiger partial charge is 0.367 e. The molecule has 1 saturated heterocycles. The predicted molar refractivity (Wildman–Crippen MR) is 103 cm³/mol. The molecular weight excluding hydrogens is 328 g/mol. The number of pyridine rings is 1. The van der Waals surface area contributed by atoms with Crippen LogP contribution in [0.4, 0.5) is 11.4 Å². The van der Waals surface area contributed by atoms with Crippen LogP contribution in [0, 0.1) is 13.8 Å². The van der Waals surface area contributed by atoms with Crippen LogP contribution in [0.25, 0.3) is 0 Å². The Morgan fingerprint density at radius 1 is 1.00 bits per heavy atom. The summed E-state index contributed by atoms with van der Waals surface area (Å²) < 4.78 is 0. The van der Waals surface area contributed by atoms with Gasteiger partial charge >= 0.3 is 0 Å². The van der Waals surface area contributed by atoms with Gasteiger partial charge in [0.1, 0.15) is 5.69 Å². The molecule has 2 amide bonds. The first kappa shape index (κ1) is 17.9. The zero-order valence-corrected chi connectivity index (χ0v) is 15.5. The maximum absolute atomic E-state index is 12.4. The van der Waals surface area contributed by atoms with E-state index in [1.807, 2.05) is 36.9 Å². The van der Waals surface area contributed by atoms with Gasteiger partial charge in [0.25, 0.3) is 5.91 Å². The molecule has 1 aromatic carbocycles. The Kier molecular flexibility index (Phi) is 5.21. The first-order chi connectivity index (χ1) is 12.4. The van der Waals surface area contributed by atoms with Crippen LogP contribution in [0.2, 0.25) is 0 Å². The van der Waals surface area contributed by atoms with Crippen molar-refractivity contribution >= 4 is 23.2 Å². The lowest BCUT2D eigenvalue weighted by Crippen LogP contribution is -2.48. The molecule has 0 spiro atoms. The summed E-state index contributed by atoms with van der Waals surface area (Å²) in [6.07, 6.45) is 1.72. The van der Waals surface area contributed by atoms with E-state index < -0.39 is 0 Å². The summed E-state index contributed by atoms with van der Waals surface area (Å²) in [5, 5.41) is 2.90. The Balaban J connectivity index is 1.64. The van der Waals surface area contributed by atoms with Crippen molar-refractivity contribution in [2.45, 2.75) is 20.8 Å². The molecule has 6 nitrogen and oxygen atoms in total. The average Bonchev–Trinajstić information content (AvgIpc) is 2.61. The Morgan fingerprint density at radius 3 is 2.19 bits per heavy atom. The van der Waals surface area contributed by atoms with E-state index in [-0.39, 0.29) is 11.8 Å². The van der Waals surface area contributed by atoms with E-state index in [0.717, 1.165) is 35.6 Å². The van der Waals surface area contributed by atoms with Gasteiger partial charge in [-0.15, -0.1) is 0 Å². The number of aromatic nitrogens is 1. The van der Waals surface area contributed by atoms with Gasteiger partial charge in [0.15, 0.2) is 0 Å². The second-order valence-electron chi connectivity index (χ2n) is 6.73. The van der Waals surface area contributed by atoms with E-state index in [0.29, 0.717) is 18.8 Å². The quantitative estimate of drug-likeness (QED) is 0.922. The molecule has 0 bridgehead atoms. The van der Waals surface area contributed by atoms with E-state index in [9.17, 15) is 9.59 Å². The third-order valence-electron chi connectivity index (χ3n) is 4.55. The minimum atomic E-state index is -0.219. The molecule has 0 radical (unpaired) electrons. The van der Waals surface area contributed by atoms with Crippen molar-refractivity contribution in [3.05, 3.63) is 53.3 Å². The maximum Gasteiger partial charge on any atom is 0.274 e. The van der Waals surface area contributed by atoms with Gasteiger partial charge in [-0.1, -0.05) is 6.07 Å². The number of nitrogens with one attached hydrogen (secondary N) is 1. The molecule has 1 fully saturated rings. The molecule has 1 aromatic heterocycles. The van der Waals surface area contributed by atoms with Crippen molar-refractivity contribution in [2.75, 3.05) is 36.4 Å². The fourth-order valence-corrected chi connectivity index (χ4v) is 3.23. The number of piperazine rings is 1. The molecule has 0 unspecified atom stereocenters. The number of carbonyl (C=O) groups is 2. The lowest BCUT2D eigenvalue weighted by molar-refractivity contribution is -0.129. The van der Waals surface area contributed by atoms with Crippen LogP contribution in [0.15, 0.2) is 36.5 Å². The van der Waals surface area contributed by atoms with Gasteiger partial charge in [-0.2, -0.15) is 0 Å². The average molecular weight is 352 g/mol. The van der Waals surface area contributed by atoms with Crippen molar-refractivity contribution in [3.8, 4) is 0 Å². The third-order valence-corrected chi connectivity index (χ3v) is 4.55. The lowest BCUT2D eigenvalue weighted by atomic mass is 10.1. The SMILES string of the molecule is CC(=O)N1CCN(c2ccc(C(=O)Nc3cc(C)cc(C)c3)nc2)CC1. The summed E-state index contributed by atoms with van der Waals surface area (Å²) in [5.74, 6) is -0.107. The van der Waals surface area contributed by atoms with Gasteiger partial charge < -0.3 is 15.1 Å². The number of aryl methyl sites for hydroxylation is 2. The number of anilines is 2. The molecule has 136 valence electrons. The number of carbonyl (C=O) groups excluding carboxylic acids is 2. The maximum atomic E-state index is 12.4. The van der Waals surface area contributed by atoms with Crippen LogP contribution in [0.1, 0.15) is 28.5 Å². The highest BCUT2D eigenvalue weighted by Crippen LogP contribution is 2.18. The summed E-state index contributed by atoms with van der Waals surface area (Å²) in [6, 6.07) is 9.59. The van der Waals surface area contributed by atoms with Crippen molar-refractivity contribution in [2.24, 2.45) is 0 Å². The smallest absolute Gasteiger partial charge is 0.274 e. The fourth-order valence-electron chi connectivity index (χ4n) is 3.23. The van der Waals surface area contributed by atoms with Gasteiger partial charge in [-0.05, 0) is 49.2 Å². The molecule has 3 rings (SSSR count). The van der Waals surface area contributed by atoms with Gasteiger partial charge in [0, 0.05) is 38.8 Å². The minimum absolute atomic E-state index is 0.112. The van der Waals surface area contributed by atoms with Gasteiger partial charge in [0.2, 0.25) is 5.91 Å². The summed E-state index contributed by atoms with van der Waals surface area (Å²) in [4.78, 5) is 32.2.